The van der Waals surface area contributed by atoms with Gasteiger partial charge in [-0.25, -0.2) is 0 Å². The molecule has 0 unspecified atom stereocenters. The van der Waals surface area contributed by atoms with Gasteiger partial charge in [0.05, 0.1) is 5.69 Å². The Morgan fingerprint density at radius 2 is 0.923 bits per heavy atom. The number of aliphatic imine (C=N–C) groups is 3. The van der Waals surface area contributed by atoms with E-state index in [1.165, 1.54) is 0 Å². The van der Waals surface area contributed by atoms with Crippen molar-refractivity contribution in [1.29, 1.82) is 0 Å². The third kappa shape index (κ3) is 12.4. The van der Waals surface area contributed by atoms with Crippen molar-refractivity contribution in [3.63, 3.8) is 0 Å². The summed E-state index contributed by atoms with van der Waals surface area (Å²) in [5.74, 6) is 0. The lowest BCUT2D eigenvalue weighted by Crippen LogP contribution is -1.92. The number of allylic oxidation sites excluding steroid dienone is 17. The van der Waals surface area contributed by atoms with Gasteiger partial charge in [0.2, 0.25) is 0 Å². The smallest absolute Gasteiger partial charge is 0.0717 e. The second kappa shape index (κ2) is 18.9. The highest BCUT2D eigenvalue weighted by atomic mass is 14.8. The van der Waals surface area contributed by atoms with Crippen LogP contribution in [0.3, 0.4) is 0 Å². The first-order chi connectivity index (χ1) is 19.4. The molecule has 2 aromatic carbocycles. The quantitative estimate of drug-likeness (QED) is 0.380. The molecular formula is C35H32N4. The van der Waals surface area contributed by atoms with Gasteiger partial charge < -0.3 is 5.32 Å². The third-order valence-corrected chi connectivity index (χ3v) is 4.97. The summed E-state index contributed by atoms with van der Waals surface area (Å²) in [5.41, 5.74) is 3.80. The number of benzene rings is 2. The van der Waals surface area contributed by atoms with Gasteiger partial charge in [-0.15, -0.1) is 0 Å². The molecule has 0 atom stereocenters. The molecule has 0 aliphatic carbocycles. The lowest BCUT2D eigenvalue weighted by Gasteiger charge is -2.03. The molecule has 39 heavy (non-hydrogen) atoms. The summed E-state index contributed by atoms with van der Waals surface area (Å²) < 4.78 is 0. The monoisotopic (exact) mass is 508 g/mol. The Morgan fingerprint density at radius 3 is 1.59 bits per heavy atom. The fourth-order valence-electron chi connectivity index (χ4n) is 3.10. The Morgan fingerprint density at radius 1 is 0.436 bits per heavy atom. The van der Waals surface area contributed by atoms with Crippen LogP contribution in [-0.4, -0.2) is 18.6 Å². The van der Waals surface area contributed by atoms with Crippen molar-refractivity contribution in [3.05, 3.63) is 182 Å². The Labute approximate surface area is 231 Å². The summed E-state index contributed by atoms with van der Waals surface area (Å²) in [4.78, 5) is 13.3. The highest BCUT2D eigenvalue weighted by Gasteiger charge is 1.95. The molecule has 2 aromatic rings. The molecule has 1 heterocycles. The number of hydrogen-bond donors (Lipinski definition) is 1. The Bertz CT molecular complexity index is 1420. The fraction of sp³-hybridized carbons (Fsp3) is 0. The van der Waals surface area contributed by atoms with E-state index >= 15 is 0 Å². The summed E-state index contributed by atoms with van der Waals surface area (Å²) in [7, 11) is 0. The van der Waals surface area contributed by atoms with Crippen molar-refractivity contribution < 1.29 is 0 Å². The number of rotatable bonds is 0. The maximum Gasteiger partial charge on any atom is 0.0717 e. The topological polar surface area (TPSA) is 49.1 Å². The van der Waals surface area contributed by atoms with Crippen LogP contribution in [0.25, 0.3) is 0 Å². The minimum absolute atomic E-state index is 0.861. The van der Waals surface area contributed by atoms with Crippen LogP contribution >= 0.6 is 0 Å². The van der Waals surface area contributed by atoms with Gasteiger partial charge in [-0.05, 0) is 36.4 Å². The second-order valence-corrected chi connectivity index (χ2v) is 7.86. The van der Waals surface area contributed by atoms with Gasteiger partial charge in [-0.3, -0.25) is 15.0 Å². The van der Waals surface area contributed by atoms with E-state index in [0.29, 0.717) is 0 Å². The lowest BCUT2D eigenvalue weighted by molar-refractivity contribution is 1.50. The highest BCUT2D eigenvalue weighted by Crippen LogP contribution is 2.16. The molecule has 0 saturated heterocycles. The van der Waals surface area contributed by atoms with Gasteiger partial charge in [-0.1, -0.05) is 115 Å². The van der Waals surface area contributed by atoms with E-state index < -0.39 is 0 Å². The molecule has 1 aliphatic rings. The van der Waals surface area contributed by atoms with Gasteiger partial charge in [0.15, 0.2) is 0 Å². The number of fused-ring (bicyclic) bond motifs is 2. The van der Waals surface area contributed by atoms with Crippen LogP contribution < -0.4 is 5.32 Å². The minimum atomic E-state index is 0.861. The van der Waals surface area contributed by atoms with Crippen molar-refractivity contribution in [1.82, 2.24) is 0 Å². The standard InChI is InChI=1S/C35H32N4/c1-2-8-12-20-28-38-34-24-16-14-22-32(34)30-36-26-18-10-6-4-5-7-11-19-27-37-31-33-23-15-17-25-35(33)39-29-21-13-9-3-1/h1-31,38H/b2-1-,5-4+,9-3+,10-6-,11-7-,12-8-,21-13?,26-18-,27-19?,28-20-,36-30?,37-31?,39-29?. The Kier molecular flexibility index (Phi) is 13.6. The summed E-state index contributed by atoms with van der Waals surface area (Å²) >= 11 is 0. The number of nitrogens with one attached hydrogen (secondary N) is 1. The van der Waals surface area contributed by atoms with Gasteiger partial charge in [0.1, 0.15) is 0 Å². The zero-order valence-electron chi connectivity index (χ0n) is 21.7. The first kappa shape index (κ1) is 28.2. The second-order valence-electron chi connectivity index (χ2n) is 7.86. The SMILES string of the molecule is C1=C/C=C/C=C\C=C/C=C\Nc2ccccc2C=N\C=C/C=C\C=C\C=C/C=CN=Cc2ccccc2N=C1. The summed E-state index contributed by atoms with van der Waals surface area (Å²) in [6.45, 7) is 0. The first-order valence-corrected chi connectivity index (χ1v) is 12.6. The van der Waals surface area contributed by atoms with Gasteiger partial charge in [0, 0.05) is 54.1 Å². The van der Waals surface area contributed by atoms with Crippen molar-refractivity contribution in [2.75, 3.05) is 5.32 Å². The largest absolute Gasteiger partial charge is 0.361 e. The summed E-state index contributed by atoms with van der Waals surface area (Å²) in [6, 6.07) is 15.9. The highest BCUT2D eigenvalue weighted by molar-refractivity contribution is 5.89. The molecule has 0 spiro atoms. The van der Waals surface area contributed by atoms with Crippen LogP contribution in [0.4, 0.5) is 11.4 Å². The van der Waals surface area contributed by atoms with E-state index in [1.807, 2.05) is 164 Å². The van der Waals surface area contributed by atoms with Gasteiger partial charge in [0.25, 0.3) is 0 Å². The molecule has 0 aromatic heterocycles. The van der Waals surface area contributed by atoms with E-state index in [4.69, 9.17) is 0 Å². The van der Waals surface area contributed by atoms with Crippen LogP contribution in [-0.2, 0) is 0 Å². The van der Waals surface area contributed by atoms with Crippen LogP contribution in [0, 0.1) is 0 Å². The molecule has 0 amide bonds. The van der Waals surface area contributed by atoms with Crippen molar-refractivity contribution in [2.24, 2.45) is 15.0 Å². The van der Waals surface area contributed by atoms with Crippen molar-refractivity contribution in [3.8, 4) is 0 Å². The van der Waals surface area contributed by atoms with Gasteiger partial charge >= 0.3 is 0 Å². The maximum atomic E-state index is 4.54. The normalized spacial score (nSPS) is 21.1. The molecule has 0 fully saturated rings. The Hall–Kier alpha value is -5.35. The zero-order chi connectivity index (χ0) is 27.1. The predicted molar refractivity (Wildman–Crippen MR) is 171 cm³/mol. The minimum Gasteiger partial charge on any atom is -0.361 e. The molecule has 0 saturated carbocycles. The Balaban J connectivity index is 1.71. The molecule has 0 radical (unpaired) electrons. The van der Waals surface area contributed by atoms with E-state index in [2.05, 4.69) is 20.3 Å². The summed E-state index contributed by atoms with van der Waals surface area (Å²) in [5, 5.41) is 3.30. The average molecular weight is 509 g/mol. The number of nitrogens with zero attached hydrogens (tertiary/aromatic N) is 3. The average Bonchev–Trinajstić information content (AvgIpc) is 2.96. The number of hydrogen-bond acceptors (Lipinski definition) is 4. The molecule has 1 aliphatic heterocycles. The first-order valence-electron chi connectivity index (χ1n) is 12.6. The number of anilines is 1. The van der Waals surface area contributed by atoms with E-state index in [9.17, 15) is 0 Å². The fourth-order valence-corrected chi connectivity index (χ4v) is 3.10. The van der Waals surface area contributed by atoms with Crippen molar-refractivity contribution in [2.45, 2.75) is 0 Å². The number of para-hydroxylation sites is 2. The van der Waals surface area contributed by atoms with E-state index in [-0.39, 0.29) is 0 Å². The molecule has 0 bridgehead atoms. The van der Waals surface area contributed by atoms with E-state index in [0.717, 1.165) is 22.5 Å². The molecule has 1 N–H and O–H groups in total. The molecule has 3 rings (SSSR count). The third-order valence-electron chi connectivity index (χ3n) is 4.97. The van der Waals surface area contributed by atoms with Crippen LogP contribution in [0.2, 0.25) is 0 Å². The van der Waals surface area contributed by atoms with E-state index in [1.54, 1.807) is 24.8 Å². The zero-order valence-corrected chi connectivity index (χ0v) is 21.7. The van der Waals surface area contributed by atoms with Crippen molar-refractivity contribution >= 4 is 30.0 Å². The molecule has 4 heteroatoms. The van der Waals surface area contributed by atoms with Crippen LogP contribution in [0.5, 0.6) is 0 Å². The van der Waals surface area contributed by atoms with Crippen LogP contribution in [0.1, 0.15) is 11.1 Å². The van der Waals surface area contributed by atoms with Gasteiger partial charge in [-0.2, -0.15) is 0 Å². The molecule has 4 nitrogen and oxygen atoms in total. The molecule has 192 valence electrons. The predicted octanol–water partition coefficient (Wildman–Crippen LogP) is 8.79. The molecular weight excluding hydrogens is 476 g/mol. The van der Waals surface area contributed by atoms with Crippen LogP contribution in [0.15, 0.2) is 185 Å². The maximum absolute atomic E-state index is 4.54. The summed E-state index contributed by atoms with van der Waals surface area (Å²) in [6.07, 6.45) is 43.9. The lowest BCUT2D eigenvalue weighted by atomic mass is 10.2.